The van der Waals surface area contributed by atoms with Gasteiger partial charge in [0.05, 0.1) is 0 Å². The Labute approximate surface area is 85.3 Å². The van der Waals surface area contributed by atoms with Gasteiger partial charge in [0.15, 0.2) is 0 Å². The van der Waals surface area contributed by atoms with E-state index in [1.807, 2.05) is 24.3 Å². The summed E-state index contributed by atoms with van der Waals surface area (Å²) in [5, 5.41) is -0.361. The lowest BCUT2D eigenvalue weighted by Gasteiger charge is -2.27. The molecule has 1 aromatic rings. The van der Waals surface area contributed by atoms with Crippen LogP contribution in [0.5, 0.6) is 0 Å². The van der Waals surface area contributed by atoms with Crippen molar-refractivity contribution in [1.29, 1.82) is 0 Å². The first-order chi connectivity index (χ1) is 6.09. The van der Waals surface area contributed by atoms with Gasteiger partial charge < -0.3 is 0 Å². The summed E-state index contributed by atoms with van der Waals surface area (Å²) >= 11 is 3.30. The first-order valence-corrected chi connectivity index (χ1v) is 6.17. The number of benzene rings is 1. The van der Waals surface area contributed by atoms with Gasteiger partial charge in [-0.05, 0) is 17.7 Å². The summed E-state index contributed by atoms with van der Waals surface area (Å²) in [5.41, 5.74) is 0.849. The molecule has 1 saturated heterocycles. The van der Waals surface area contributed by atoms with Crippen LogP contribution in [0.25, 0.3) is 0 Å². The Morgan fingerprint density at radius 3 is 2.31 bits per heavy atom. The molecule has 1 aromatic carbocycles. The summed E-state index contributed by atoms with van der Waals surface area (Å²) in [6.07, 6.45) is 0. The van der Waals surface area contributed by atoms with E-state index >= 15 is 0 Å². The van der Waals surface area contributed by atoms with Crippen LogP contribution >= 0.6 is 15.9 Å². The molecule has 0 aromatic heterocycles. The number of hydrogen-bond acceptors (Lipinski definition) is 2. The Bertz CT molecular complexity index is 412. The van der Waals surface area contributed by atoms with E-state index in [0.717, 1.165) is 10.0 Å². The molecular weight excluding hydrogens is 254 g/mol. The van der Waals surface area contributed by atoms with E-state index in [1.165, 1.54) is 0 Å². The van der Waals surface area contributed by atoms with Gasteiger partial charge in [0.2, 0.25) is 10.0 Å². The molecule has 3 nitrogen and oxygen atoms in total. The van der Waals surface area contributed by atoms with Gasteiger partial charge >= 0.3 is 0 Å². The zero-order chi connectivity index (χ0) is 9.47. The minimum atomic E-state index is -3.05. The predicted octanol–water partition coefficient (Wildman–Crippen LogP) is 1.42. The van der Waals surface area contributed by atoms with Crippen molar-refractivity contribution in [2.75, 3.05) is 6.54 Å². The fraction of sp³-hybridized carbons (Fsp3) is 0.250. The fourth-order valence-corrected chi connectivity index (χ4v) is 2.66. The molecule has 1 atom stereocenters. The van der Waals surface area contributed by atoms with E-state index in [1.54, 1.807) is 0 Å². The summed E-state index contributed by atoms with van der Waals surface area (Å²) < 4.78 is 25.7. The number of hydrogen-bond donors (Lipinski definition) is 1. The SMILES string of the molecule is O=S1(=O)NCC1c1ccc(Br)cc1. The van der Waals surface area contributed by atoms with Crippen molar-refractivity contribution in [2.24, 2.45) is 0 Å². The Kier molecular flexibility index (Phi) is 2.17. The minimum Gasteiger partial charge on any atom is -0.213 e. The van der Waals surface area contributed by atoms with Crippen molar-refractivity contribution < 1.29 is 8.42 Å². The third kappa shape index (κ3) is 1.63. The highest BCUT2D eigenvalue weighted by Gasteiger charge is 2.36. The van der Waals surface area contributed by atoms with Gasteiger partial charge in [-0.15, -0.1) is 0 Å². The standard InChI is InChI=1S/C8H8BrNO2S/c9-7-3-1-6(2-4-7)8-5-10-13(8,11)12/h1-4,8,10H,5H2. The third-order valence-electron chi connectivity index (χ3n) is 2.09. The second-order valence-corrected chi connectivity index (χ2v) is 5.80. The summed E-state index contributed by atoms with van der Waals surface area (Å²) in [6, 6.07) is 7.35. The average molecular weight is 262 g/mol. The van der Waals surface area contributed by atoms with Crippen LogP contribution < -0.4 is 4.72 Å². The monoisotopic (exact) mass is 261 g/mol. The number of halogens is 1. The molecule has 1 aliphatic rings. The lowest BCUT2D eigenvalue weighted by molar-refractivity contribution is 0.536. The van der Waals surface area contributed by atoms with Crippen LogP contribution in [0, 0.1) is 0 Å². The van der Waals surface area contributed by atoms with Crippen LogP contribution in [-0.4, -0.2) is 15.0 Å². The highest BCUT2D eigenvalue weighted by atomic mass is 79.9. The lowest BCUT2D eigenvalue weighted by Crippen LogP contribution is -2.45. The first-order valence-electron chi connectivity index (χ1n) is 3.83. The maximum Gasteiger partial charge on any atom is 0.220 e. The van der Waals surface area contributed by atoms with Crippen LogP contribution in [0.15, 0.2) is 28.7 Å². The number of nitrogens with one attached hydrogen (secondary N) is 1. The normalized spacial score (nSPS) is 25.2. The fourth-order valence-electron chi connectivity index (χ4n) is 1.28. The quantitative estimate of drug-likeness (QED) is 0.832. The van der Waals surface area contributed by atoms with E-state index in [4.69, 9.17) is 0 Å². The number of sulfonamides is 1. The molecule has 0 aliphatic carbocycles. The van der Waals surface area contributed by atoms with Crippen molar-refractivity contribution in [3.63, 3.8) is 0 Å². The topological polar surface area (TPSA) is 46.2 Å². The zero-order valence-electron chi connectivity index (χ0n) is 6.70. The second-order valence-electron chi connectivity index (χ2n) is 2.93. The summed E-state index contributed by atoms with van der Waals surface area (Å²) in [4.78, 5) is 0. The van der Waals surface area contributed by atoms with E-state index in [-0.39, 0.29) is 5.25 Å². The smallest absolute Gasteiger partial charge is 0.213 e. The van der Waals surface area contributed by atoms with Crippen LogP contribution in [0.1, 0.15) is 10.8 Å². The van der Waals surface area contributed by atoms with Gasteiger partial charge in [0.25, 0.3) is 0 Å². The highest BCUT2D eigenvalue weighted by molar-refractivity contribution is 9.10. The minimum absolute atomic E-state index is 0.361. The summed E-state index contributed by atoms with van der Waals surface area (Å²) in [7, 11) is -3.05. The van der Waals surface area contributed by atoms with Crippen LogP contribution in [0.2, 0.25) is 0 Å². The Balaban J connectivity index is 2.32. The van der Waals surface area contributed by atoms with E-state index in [0.29, 0.717) is 6.54 Å². The molecule has 5 heteroatoms. The van der Waals surface area contributed by atoms with Crippen LogP contribution in [0.3, 0.4) is 0 Å². The molecule has 2 rings (SSSR count). The van der Waals surface area contributed by atoms with Gasteiger partial charge in [-0.1, -0.05) is 28.1 Å². The van der Waals surface area contributed by atoms with Crippen molar-refractivity contribution in [1.82, 2.24) is 4.72 Å². The van der Waals surface area contributed by atoms with Crippen molar-refractivity contribution in [3.05, 3.63) is 34.3 Å². The van der Waals surface area contributed by atoms with Gasteiger partial charge in [-0.25, -0.2) is 13.1 Å². The molecule has 13 heavy (non-hydrogen) atoms. The Hall–Kier alpha value is -0.390. The second kappa shape index (κ2) is 3.08. The molecule has 1 N–H and O–H groups in total. The molecule has 1 aliphatic heterocycles. The Morgan fingerprint density at radius 2 is 1.92 bits per heavy atom. The molecule has 0 radical (unpaired) electrons. The van der Waals surface area contributed by atoms with E-state index < -0.39 is 10.0 Å². The van der Waals surface area contributed by atoms with E-state index in [9.17, 15) is 8.42 Å². The van der Waals surface area contributed by atoms with Gasteiger partial charge in [0, 0.05) is 11.0 Å². The Morgan fingerprint density at radius 1 is 1.31 bits per heavy atom. The van der Waals surface area contributed by atoms with Crippen LogP contribution in [-0.2, 0) is 10.0 Å². The highest BCUT2D eigenvalue weighted by Crippen LogP contribution is 2.28. The molecule has 1 unspecified atom stereocenters. The van der Waals surface area contributed by atoms with Crippen molar-refractivity contribution >= 4 is 26.0 Å². The maximum atomic E-state index is 11.2. The molecule has 0 bridgehead atoms. The largest absolute Gasteiger partial charge is 0.220 e. The molecule has 0 amide bonds. The third-order valence-corrected chi connectivity index (χ3v) is 4.37. The lowest BCUT2D eigenvalue weighted by atomic mass is 10.1. The van der Waals surface area contributed by atoms with Crippen molar-refractivity contribution in [3.8, 4) is 0 Å². The van der Waals surface area contributed by atoms with Crippen LogP contribution in [0.4, 0.5) is 0 Å². The molecule has 0 saturated carbocycles. The molecular formula is C8H8BrNO2S. The maximum absolute atomic E-state index is 11.2. The first kappa shape index (κ1) is 9.18. The summed E-state index contributed by atoms with van der Waals surface area (Å²) in [6.45, 7) is 0.518. The van der Waals surface area contributed by atoms with Gasteiger partial charge in [-0.2, -0.15) is 0 Å². The average Bonchev–Trinajstić information content (AvgIpc) is 2.07. The molecule has 1 heterocycles. The van der Waals surface area contributed by atoms with E-state index in [2.05, 4.69) is 20.7 Å². The molecule has 0 spiro atoms. The predicted molar refractivity (Wildman–Crippen MR) is 53.8 cm³/mol. The zero-order valence-corrected chi connectivity index (χ0v) is 9.10. The molecule has 70 valence electrons. The number of rotatable bonds is 1. The van der Waals surface area contributed by atoms with Crippen molar-refractivity contribution in [2.45, 2.75) is 5.25 Å². The van der Waals surface area contributed by atoms with Gasteiger partial charge in [0.1, 0.15) is 5.25 Å². The molecule has 1 fully saturated rings. The van der Waals surface area contributed by atoms with Gasteiger partial charge in [-0.3, -0.25) is 0 Å². The summed E-state index contributed by atoms with van der Waals surface area (Å²) in [5.74, 6) is 0.